The Balaban J connectivity index is 1.92. The van der Waals surface area contributed by atoms with Crippen LogP contribution in [0.3, 0.4) is 0 Å². The number of non-ortho nitro benzene ring substituents is 1. The highest BCUT2D eigenvalue weighted by Gasteiger charge is 2.61. The van der Waals surface area contributed by atoms with Gasteiger partial charge in [-0.1, -0.05) is 26.0 Å². The molecule has 0 radical (unpaired) electrons. The molecule has 22 heavy (non-hydrogen) atoms. The average molecular weight is 302 g/mol. The molecule has 6 nitrogen and oxygen atoms in total. The van der Waals surface area contributed by atoms with Crippen LogP contribution in [0, 0.1) is 22.0 Å². The molecule has 2 bridgehead atoms. The van der Waals surface area contributed by atoms with Crippen LogP contribution in [0.25, 0.3) is 0 Å². The predicted octanol–water partition coefficient (Wildman–Crippen LogP) is 2.27. The number of nitrogens with zero attached hydrogens (tertiary/aromatic N) is 2. The van der Waals surface area contributed by atoms with Crippen LogP contribution < -0.4 is 0 Å². The molecule has 2 amide bonds. The van der Waals surface area contributed by atoms with E-state index in [1.54, 1.807) is 12.1 Å². The minimum atomic E-state index is -0.664. The van der Waals surface area contributed by atoms with E-state index in [1.807, 2.05) is 13.8 Å². The maximum atomic E-state index is 12.8. The fraction of sp³-hybridized carbons (Fsp3) is 0.500. The van der Waals surface area contributed by atoms with E-state index in [4.69, 9.17) is 0 Å². The lowest BCUT2D eigenvalue weighted by atomic mass is 9.55. The van der Waals surface area contributed by atoms with Crippen molar-refractivity contribution in [2.45, 2.75) is 32.1 Å². The van der Waals surface area contributed by atoms with E-state index in [0.717, 1.165) is 5.56 Å². The number of carbonyl (C=O) groups is 2. The summed E-state index contributed by atoms with van der Waals surface area (Å²) in [5.74, 6) is -0.0870. The fourth-order valence-corrected chi connectivity index (χ4v) is 3.51. The van der Waals surface area contributed by atoms with E-state index < -0.39 is 10.3 Å². The monoisotopic (exact) mass is 302 g/mol. The molecule has 3 aliphatic rings. The zero-order valence-corrected chi connectivity index (χ0v) is 12.6. The summed E-state index contributed by atoms with van der Waals surface area (Å²) in [5.41, 5.74) is 0.123. The normalized spacial score (nSPS) is 27.0. The van der Waals surface area contributed by atoms with Gasteiger partial charge in [-0.05, 0) is 24.3 Å². The number of hydrogen-bond acceptors (Lipinski definition) is 4. The minimum Gasteiger partial charge on any atom is -0.281 e. The number of nitro benzene ring substituents is 1. The first-order valence-corrected chi connectivity index (χ1v) is 7.46. The molecule has 0 spiro atoms. The number of rotatable bonds is 4. The number of nitro groups is 1. The van der Waals surface area contributed by atoms with E-state index in [-0.39, 0.29) is 29.3 Å². The number of carbonyl (C=O) groups excluding carboxylic acids is 2. The Kier molecular flexibility index (Phi) is 3.27. The summed E-state index contributed by atoms with van der Waals surface area (Å²) in [7, 11) is 0. The Morgan fingerprint density at radius 3 is 2.36 bits per heavy atom. The molecule has 2 aliphatic heterocycles. The van der Waals surface area contributed by atoms with Crippen LogP contribution in [0.2, 0.25) is 0 Å². The number of benzene rings is 1. The third-order valence-electron chi connectivity index (χ3n) is 4.64. The van der Waals surface area contributed by atoms with Crippen molar-refractivity contribution in [3.63, 3.8) is 0 Å². The molecule has 1 saturated carbocycles. The lowest BCUT2D eigenvalue weighted by molar-refractivity contribution is -0.384. The molecular formula is C16H18N2O4. The summed E-state index contributed by atoms with van der Waals surface area (Å²) in [4.78, 5) is 36.7. The minimum absolute atomic E-state index is 0.00870. The first-order chi connectivity index (χ1) is 10.3. The van der Waals surface area contributed by atoms with Gasteiger partial charge in [0.05, 0.1) is 10.3 Å². The van der Waals surface area contributed by atoms with E-state index in [9.17, 15) is 19.7 Å². The molecule has 1 aromatic rings. The van der Waals surface area contributed by atoms with Crippen LogP contribution in [0.15, 0.2) is 24.3 Å². The largest absolute Gasteiger partial charge is 0.281 e. The first-order valence-electron chi connectivity index (χ1n) is 7.46. The molecule has 0 unspecified atom stereocenters. The van der Waals surface area contributed by atoms with Gasteiger partial charge < -0.3 is 0 Å². The van der Waals surface area contributed by atoms with Gasteiger partial charge in [0.1, 0.15) is 0 Å². The smallest absolute Gasteiger partial charge is 0.269 e. The van der Waals surface area contributed by atoms with Gasteiger partial charge in [-0.15, -0.1) is 0 Å². The Labute approximate surface area is 128 Å². The SMILES string of the molecule is CC(C)CN1C(=O)C2CC(c3ccc([N+](=O)[O-])cc3)(C2)C1=O. The second-order valence-electron chi connectivity index (χ2n) is 6.64. The highest BCUT2D eigenvalue weighted by Crippen LogP contribution is 2.53. The standard InChI is InChI=1S/C16H18N2O4/c1-10(2)9-17-14(19)11-7-16(8-11,15(17)20)12-3-5-13(6-4-12)18(21)22/h3-6,10-11H,7-9H2,1-2H3. The van der Waals surface area contributed by atoms with Crippen LogP contribution in [0.5, 0.6) is 0 Å². The third-order valence-corrected chi connectivity index (χ3v) is 4.64. The lowest BCUT2D eigenvalue weighted by Crippen LogP contribution is -2.66. The molecule has 2 saturated heterocycles. The van der Waals surface area contributed by atoms with Crippen molar-refractivity contribution in [2.75, 3.05) is 6.54 Å². The zero-order chi connectivity index (χ0) is 16.1. The Morgan fingerprint density at radius 1 is 1.27 bits per heavy atom. The van der Waals surface area contributed by atoms with Crippen LogP contribution in [-0.2, 0) is 15.0 Å². The molecule has 1 aliphatic carbocycles. The van der Waals surface area contributed by atoms with Gasteiger partial charge in [0.2, 0.25) is 11.8 Å². The van der Waals surface area contributed by atoms with Gasteiger partial charge >= 0.3 is 0 Å². The fourth-order valence-electron chi connectivity index (χ4n) is 3.51. The summed E-state index contributed by atoms with van der Waals surface area (Å²) in [5, 5.41) is 10.7. The van der Waals surface area contributed by atoms with Crippen LogP contribution in [0.4, 0.5) is 5.69 Å². The number of amides is 2. The quantitative estimate of drug-likeness (QED) is 0.485. The van der Waals surface area contributed by atoms with Gasteiger partial charge in [-0.2, -0.15) is 0 Å². The number of imide groups is 1. The number of hydrogen-bond donors (Lipinski definition) is 0. The van der Waals surface area contributed by atoms with Crippen LogP contribution in [-0.4, -0.2) is 28.2 Å². The highest BCUT2D eigenvalue weighted by molar-refractivity contribution is 6.07. The zero-order valence-electron chi connectivity index (χ0n) is 12.6. The van der Waals surface area contributed by atoms with E-state index in [0.29, 0.717) is 19.4 Å². The molecule has 3 fully saturated rings. The number of fused-ring (bicyclic) bond motifs is 2. The Bertz CT molecular complexity index is 645. The van der Waals surface area contributed by atoms with Crippen molar-refractivity contribution in [2.24, 2.45) is 11.8 Å². The topological polar surface area (TPSA) is 80.5 Å². The maximum absolute atomic E-state index is 12.8. The van der Waals surface area contributed by atoms with E-state index in [2.05, 4.69) is 0 Å². The summed E-state index contributed by atoms with van der Waals surface area (Å²) in [6.07, 6.45) is 1.05. The molecule has 0 atom stereocenters. The second-order valence-corrected chi connectivity index (χ2v) is 6.64. The summed E-state index contributed by atoms with van der Waals surface area (Å²) < 4.78 is 0. The van der Waals surface area contributed by atoms with Crippen molar-refractivity contribution < 1.29 is 14.5 Å². The van der Waals surface area contributed by atoms with Crippen LogP contribution >= 0.6 is 0 Å². The van der Waals surface area contributed by atoms with Gasteiger partial charge in [-0.3, -0.25) is 24.6 Å². The molecule has 0 N–H and O–H groups in total. The molecule has 6 heteroatoms. The predicted molar refractivity (Wildman–Crippen MR) is 79.1 cm³/mol. The maximum Gasteiger partial charge on any atom is 0.269 e. The third kappa shape index (κ3) is 2.01. The van der Waals surface area contributed by atoms with Gasteiger partial charge in [0.25, 0.3) is 5.69 Å². The Morgan fingerprint density at radius 2 is 1.86 bits per heavy atom. The van der Waals surface area contributed by atoms with E-state index >= 15 is 0 Å². The van der Waals surface area contributed by atoms with Crippen molar-refractivity contribution in [3.8, 4) is 0 Å². The summed E-state index contributed by atoms with van der Waals surface area (Å²) >= 11 is 0. The van der Waals surface area contributed by atoms with Crippen LogP contribution in [0.1, 0.15) is 32.3 Å². The first kappa shape index (κ1) is 14.7. The molecule has 4 rings (SSSR count). The molecular weight excluding hydrogens is 284 g/mol. The molecule has 1 aromatic carbocycles. The van der Waals surface area contributed by atoms with Crippen molar-refractivity contribution in [1.82, 2.24) is 4.90 Å². The number of piperidine rings is 2. The summed E-state index contributed by atoms with van der Waals surface area (Å²) in [6, 6.07) is 6.15. The van der Waals surface area contributed by atoms with E-state index in [1.165, 1.54) is 17.0 Å². The second kappa shape index (κ2) is 4.90. The average Bonchev–Trinajstić information content (AvgIpc) is 2.42. The summed E-state index contributed by atoms with van der Waals surface area (Å²) in [6.45, 7) is 4.38. The van der Waals surface area contributed by atoms with Gasteiger partial charge in [0, 0.05) is 24.6 Å². The van der Waals surface area contributed by atoms with Crippen molar-refractivity contribution >= 4 is 17.5 Å². The van der Waals surface area contributed by atoms with Crippen molar-refractivity contribution in [3.05, 3.63) is 39.9 Å². The molecule has 0 aromatic heterocycles. The van der Waals surface area contributed by atoms with Crippen molar-refractivity contribution in [1.29, 1.82) is 0 Å². The van der Waals surface area contributed by atoms with Gasteiger partial charge in [-0.25, -0.2) is 0 Å². The molecule has 116 valence electrons. The Hall–Kier alpha value is -2.24. The lowest BCUT2D eigenvalue weighted by Gasteiger charge is -2.54. The highest BCUT2D eigenvalue weighted by atomic mass is 16.6. The molecule has 2 heterocycles. The van der Waals surface area contributed by atoms with Gasteiger partial charge in [0.15, 0.2) is 0 Å².